The third-order valence-corrected chi connectivity index (χ3v) is 4.01. The van der Waals surface area contributed by atoms with Gasteiger partial charge < -0.3 is 10.1 Å². The zero-order valence-electron chi connectivity index (χ0n) is 9.80. The Balaban J connectivity index is 2.66. The number of amides is 1. The van der Waals surface area contributed by atoms with Gasteiger partial charge >= 0.3 is 0 Å². The van der Waals surface area contributed by atoms with Gasteiger partial charge in [0.2, 0.25) is 0 Å². The highest BCUT2D eigenvalue weighted by Crippen LogP contribution is 2.25. The molecular weight excluding hydrogens is 350 g/mol. The summed E-state index contributed by atoms with van der Waals surface area (Å²) < 4.78 is 5.89. The van der Waals surface area contributed by atoms with E-state index < -0.39 is 0 Å². The van der Waals surface area contributed by atoms with E-state index in [9.17, 15) is 4.79 Å². The molecule has 0 saturated carbocycles. The Morgan fingerprint density at radius 1 is 1.53 bits per heavy atom. The van der Waals surface area contributed by atoms with Gasteiger partial charge in [0.25, 0.3) is 5.91 Å². The summed E-state index contributed by atoms with van der Waals surface area (Å²) in [6, 6.07) is 5.28. The third kappa shape index (κ3) is 4.32. The summed E-state index contributed by atoms with van der Waals surface area (Å²) in [6.07, 6.45) is 0. The Kier molecular flexibility index (Phi) is 5.98. The fraction of sp³-hybridized carbons (Fsp3) is 0.417. The number of carbonyl (C=O) groups excluding carboxylic acids is 1. The van der Waals surface area contributed by atoms with Crippen molar-refractivity contribution in [3.63, 3.8) is 0 Å². The van der Waals surface area contributed by atoms with Gasteiger partial charge in [-0.25, -0.2) is 0 Å². The number of rotatable bonds is 5. The second kappa shape index (κ2) is 7.01. The van der Waals surface area contributed by atoms with Crippen LogP contribution in [0.3, 0.4) is 0 Å². The Morgan fingerprint density at radius 3 is 2.76 bits per heavy atom. The lowest BCUT2D eigenvalue weighted by molar-refractivity contribution is 0.0949. The minimum Gasteiger partial charge on any atom is -0.496 e. The largest absolute Gasteiger partial charge is 0.496 e. The zero-order chi connectivity index (χ0) is 12.8. The number of nitrogens with one attached hydrogen (secondary N) is 1. The van der Waals surface area contributed by atoms with Gasteiger partial charge in [0.1, 0.15) is 5.75 Å². The smallest absolute Gasteiger partial charge is 0.251 e. The molecule has 0 aliphatic heterocycles. The molecule has 0 fully saturated rings. The van der Waals surface area contributed by atoms with E-state index in [0.29, 0.717) is 18.0 Å². The van der Waals surface area contributed by atoms with Gasteiger partial charge in [0, 0.05) is 17.4 Å². The lowest BCUT2D eigenvalue weighted by Crippen LogP contribution is -2.28. The van der Waals surface area contributed by atoms with Crippen LogP contribution in [0.15, 0.2) is 22.7 Å². The van der Waals surface area contributed by atoms with E-state index in [2.05, 4.69) is 44.1 Å². The number of alkyl halides is 1. The minimum atomic E-state index is -0.0684. The van der Waals surface area contributed by atoms with Gasteiger partial charge in [-0.15, -0.1) is 0 Å². The van der Waals surface area contributed by atoms with Crippen molar-refractivity contribution in [2.75, 3.05) is 19.0 Å². The van der Waals surface area contributed by atoms with Crippen LogP contribution in [0.2, 0.25) is 0 Å². The van der Waals surface area contributed by atoms with Crippen molar-refractivity contribution in [3.8, 4) is 5.75 Å². The molecule has 0 radical (unpaired) electrons. The first-order valence-corrected chi connectivity index (χ1v) is 7.17. The summed E-state index contributed by atoms with van der Waals surface area (Å²) >= 11 is 6.73. The highest BCUT2D eigenvalue weighted by atomic mass is 79.9. The van der Waals surface area contributed by atoms with Crippen LogP contribution < -0.4 is 10.1 Å². The summed E-state index contributed by atoms with van der Waals surface area (Å²) in [5, 5.41) is 3.76. The lowest BCUT2D eigenvalue weighted by Gasteiger charge is -2.10. The van der Waals surface area contributed by atoms with Crippen molar-refractivity contribution in [3.05, 3.63) is 28.2 Å². The van der Waals surface area contributed by atoms with Gasteiger partial charge in [-0.1, -0.05) is 22.9 Å². The van der Waals surface area contributed by atoms with Crippen LogP contribution in [0.4, 0.5) is 0 Å². The Bertz CT molecular complexity index is 396. The molecule has 0 aliphatic rings. The van der Waals surface area contributed by atoms with E-state index in [1.165, 1.54) is 0 Å². The third-order valence-electron chi connectivity index (χ3n) is 2.29. The van der Waals surface area contributed by atoms with Crippen LogP contribution >= 0.6 is 31.9 Å². The van der Waals surface area contributed by atoms with E-state index in [0.717, 1.165) is 15.6 Å². The highest BCUT2D eigenvalue weighted by molar-refractivity contribution is 9.10. The van der Waals surface area contributed by atoms with Gasteiger partial charge in [-0.05, 0) is 40.0 Å². The maximum atomic E-state index is 11.8. The number of hydrogen-bond donors (Lipinski definition) is 1. The number of ether oxygens (including phenoxy) is 1. The highest BCUT2D eigenvalue weighted by Gasteiger charge is 2.09. The van der Waals surface area contributed by atoms with Crippen LogP contribution in [0.1, 0.15) is 17.3 Å². The van der Waals surface area contributed by atoms with Crippen molar-refractivity contribution >= 4 is 37.8 Å². The van der Waals surface area contributed by atoms with Crippen molar-refractivity contribution in [1.82, 2.24) is 5.32 Å². The Labute approximate surface area is 118 Å². The molecule has 5 heteroatoms. The molecule has 94 valence electrons. The average Bonchev–Trinajstić information content (AvgIpc) is 2.35. The number of hydrogen-bond acceptors (Lipinski definition) is 2. The first-order chi connectivity index (χ1) is 8.08. The number of carbonyl (C=O) groups is 1. The molecule has 1 aromatic carbocycles. The number of halogens is 2. The molecule has 0 heterocycles. The van der Waals surface area contributed by atoms with Crippen molar-refractivity contribution in [2.24, 2.45) is 5.92 Å². The van der Waals surface area contributed by atoms with Crippen LogP contribution in [-0.4, -0.2) is 24.9 Å². The molecule has 0 saturated heterocycles. The molecule has 3 nitrogen and oxygen atoms in total. The topological polar surface area (TPSA) is 38.3 Å². The van der Waals surface area contributed by atoms with Crippen LogP contribution in [-0.2, 0) is 0 Å². The number of benzene rings is 1. The summed E-state index contributed by atoms with van der Waals surface area (Å²) in [4.78, 5) is 11.8. The average molecular weight is 365 g/mol. The summed E-state index contributed by atoms with van der Waals surface area (Å²) in [5.41, 5.74) is 0.624. The molecule has 1 amide bonds. The van der Waals surface area contributed by atoms with E-state index in [-0.39, 0.29) is 5.91 Å². The number of methoxy groups -OCH3 is 1. The Morgan fingerprint density at radius 2 is 2.24 bits per heavy atom. The normalized spacial score (nSPS) is 12.0. The Hall–Kier alpha value is -0.550. The summed E-state index contributed by atoms with van der Waals surface area (Å²) in [7, 11) is 1.59. The molecule has 1 N–H and O–H groups in total. The maximum Gasteiger partial charge on any atom is 0.251 e. The molecule has 1 atom stereocenters. The predicted molar refractivity (Wildman–Crippen MR) is 76.0 cm³/mol. The lowest BCUT2D eigenvalue weighted by atomic mass is 10.2. The fourth-order valence-electron chi connectivity index (χ4n) is 1.23. The zero-order valence-corrected chi connectivity index (χ0v) is 13.0. The maximum absolute atomic E-state index is 11.8. The monoisotopic (exact) mass is 363 g/mol. The van der Waals surface area contributed by atoms with E-state index in [1.54, 1.807) is 25.3 Å². The van der Waals surface area contributed by atoms with Gasteiger partial charge in [-0.3, -0.25) is 4.79 Å². The fourth-order valence-corrected chi connectivity index (χ4v) is 2.00. The van der Waals surface area contributed by atoms with Gasteiger partial charge in [0.15, 0.2) is 0 Å². The van der Waals surface area contributed by atoms with Crippen LogP contribution in [0.25, 0.3) is 0 Å². The molecule has 0 aliphatic carbocycles. The first-order valence-electron chi connectivity index (χ1n) is 5.26. The summed E-state index contributed by atoms with van der Waals surface area (Å²) in [5.74, 6) is 1.07. The standard InChI is InChI=1S/C12H15Br2NO2/c1-8(6-13)7-15-12(16)9-3-4-11(17-2)10(14)5-9/h3-5,8H,6-7H2,1-2H3,(H,15,16). The minimum absolute atomic E-state index is 0.0684. The van der Waals surface area contributed by atoms with E-state index in [1.807, 2.05) is 0 Å². The quantitative estimate of drug-likeness (QED) is 0.814. The van der Waals surface area contributed by atoms with E-state index >= 15 is 0 Å². The molecule has 1 rings (SSSR count). The van der Waals surface area contributed by atoms with Gasteiger partial charge in [0.05, 0.1) is 11.6 Å². The first kappa shape index (κ1) is 14.5. The van der Waals surface area contributed by atoms with Crippen molar-refractivity contribution in [2.45, 2.75) is 6.92 Å². The molecule has 0 aromatic heterocycles. The molecule has 1 aromatic rings. The van der Waals surface area contributed by atoms with Crippen LogP contribution in [0, 0.1) is 5.92 Å². The van der Waals surface area contributed by atoms with Gasteiger partial charge in [-0.2, -0.15) is 0 Å². The molecular formula is C12H15Br2NO2. The predicted octanol–water partition coefficient (Wildman–Crippen LogP) is 3.22. The van der Waals surface area contributed by atoms with Crippen LogP contribution in [0.5, 0.6) is 5.75 Å². The molecule has 0 bridgehead atoms. The van der Waals surface area contributed by atoms with E-state index in [4.69, 9.17) is 4.74 Å². The molecule has 1 unspecified atom stereocenters. The SMILES string of the molecule is COc1ccc(C(=O)NCC(C)CBr)cc1Br. The molecule has 0 spiro atoms. The summed E-state index contributed by atoms with van der Waals surface area (Å²) in [6.45, 7) is 2.73. The van der Waals surface area contributed by atoms with Crippen molar-refractivity contribution in [1.29, 1.82) is 0 Å². The van der Waals surface area contributed by atoms with Crippen molar-refractivity contribution < 1.29 is 9.53 Å². The molecule has 17 heavy (non-hydrogen) atoms. The second-order valence-corrected chi connectivity index (χ2v) is 5.32. The second-order valence-electron chi connectivity index (χ2n) is 3.82.